The number of rotatable bonds is 14. The second kappa shape index (κ2) is 55.6. The van der Waals surface area contributed by atoms with Crippen LogP contribution in [0.15, 0.2) is 399 Å². The van der Waals surface area contributed by atoms with Crippen molar-refractivity contribution >= 4 is 42.6 Å². The largest absolute Gasteiger partial charge is 4.00 e. The maximum Gasteiger partial charge on any atom is 4.00 e. The number of hydrogen-bond acceptors (Lipinski definition) is 1. The quantitative estimate of drug-likeness (QED) is 0.0502. The Balaban J connectivity index is 0.000000325. The standard InChI is InChI=1S/2C23H25N2P.7C7H7.2Zr/c2*1-19(2)25-23(24-18-20-12-6-3-7-13-20)26(21-14-8-4-9-15-21)22-16-10-5-11-17-22;7*1-7-5-3-2-4-6-7;;/h3-17,19H,18H2,1-2H3,(H,24,25);3-17,19,23H,18H2,1-2H3;7*2-6H,1H2;;/q;-2;7*-1;;+4. The van der Waals surface area contributed by atoms with Crippen molar-refractivity contribution in [3.63, 3.8) is 0 Å². The average Bonchev–Trinajstić information content (AvgIpc) is 0.829. The van der Waals surface area contributed by atoms with E-state index in [2.05, 4.69) is 251 Å². The van der Waals surface area contributed by atoms with E-state index in [0.29, 0.717) is 19.1 Å². The molecule has 13 aromatic rings. The van der Waals surface area contributed by atoms with E-state index in [9.17, 15) is 0 Å². The summed E-state index contributed by atoms with van der Waals surface area (Å²) in [6.45, 7) is 36.0. The minimum atomic E-state index is -0.704. The van der Waals surface area contributed by atoms with Gasteiger partial charge in [-0.3, -0.25) is 4.99 Å². The van der Waals surface area contributed by atoms with Crippen molar-refractivity contribution in [2.24, 2.45) is 4.99 Å². The summed E-state index contributed by atoms with van der Waals surface area (Å²) in [5.74, 6) is -0.0463. The molecular weight excluding hydrogens is 1440 g/mol. The molecule has 1 atom stereocenters. The van der Waals surface area contributed by atoms with Crippen molar-refractivity contribution in [3.05, 3.63) is 503 Å². The average molecular weight is 1540 g/mol. The van der Waals surface area contributed by atoms with E-state index in [1.165, 1.54) is 32.3 Å². The van der Waals surface area contributed by atoms with Crippen molar-refractivity contribution in [2.45, 2.75) is 58.8 Å². The van der Waals surface area contributed by atoms with Crippen molar-refractivity contribution in [1.29, 1.82) is 0 Å². The molecule has 13 rings (SSSR count). The molecule has 0 bridgehead atoms. The van der Waals surface area contributed by atoms with Crippen LogP contribution in [0, 0.1) is 48.5 Å². The minimum absolute atomic E-state index is 0. The van der Waals surface area contributed by atoms with Gasteiger partial charge in [-0.15, -0.1) is 97.5 Å². The molecule has 103 heavy (non-hydrogen) atoms. The first-order valence-electron chi connectivity index (χ1n) is 33.9. The van der Waals surface area contributed by atoms with Crippen molar-refractivity contribution in [3.8, 4) is 0 Å². The third-order valence-corrected chi connectivity index (χ3v) is 18.6. The molecule has 0 aromatic heterocycles. The molecule has 0 heterocycles. The molecule has 522 valence electrons. The van der Waals surface area contributed by atoms with Gasteiger partial charge in [0.05, 0.1) is 6.54 Å². The van der Waals surface area contributed by atoms with Gasteiger partial charge in [-0.1, -0.05) is 252 Å². The predicted octanol–water partition coefficient (Wildman–Crippen LogP) is 23.5. The first-order chi connectivity index (χ1) is 49.2. The summed E-state index contributed by atoms with van der Waals surface area (Å²) in [4.78, 5) is 5.02. The summed E-state index contributed by atoms with van der Waals surface area (Å²) in [5, 5.41) is 18.9. The molecule has 0 saturated carbocycles. The van der Waals surface area contributed by atoms with Gasteiger partial charge < -0.3 is 16.0 Å². The van der Waals surface area contributed by atoms with Crippen LogP contribution < -0.4 is 26.5 Å². The van der Waals surface area contributed by atoms with Gasteiger partial charge in [-0.25, -0.2) is 5.91 Å². The molecule has 0 fully saturated rings. The molecular formula is C95H99N4P2Zr2-5. The van der Waals surface area contributed by atoms with Crippen LogP contribution in [-0.2, 0) is 65.5 Å². The summed E-state index contributed by atoms with van der Waals surface area (Å²) < 4.78 is 0. The van der Waals surface area contributed by atoms with Gasteiger partial charge in [-0.05, 0) is 40.6 Å². The summed E-state index contributed by atoms with van der Waals surface area (Å²) >= 11 is 0. The van der Waals surface area contributed by atoms with Gasteiger partial charge in [0.25, 0.3) is 0 Å². The van der Waals surface area contributed by atoms with E-state index in [1.807, 2.05) is 224 Å². The summed E-state index contributed by atoms with van der Waals surface area (Å²) in [6, 6.07) is 133. The van der Waals surface area contributed by atoms with Crippen molar-refractivity contribution in [1.82, 2.24) is 5.32 Å². The normalized spacial score (nSPS) is 10.2. The summed E-state index contributed by atoms with van der Waals surface area (Å²) in [6.07, 6.45) is 0. The first-order valence-corrected chi connectivity index (χ1v) is 36.6. The van der Waals surface area contributed by atoms with E-state index in [-0.39, 0.29) is 64.4 Å². The zero-order valence-electron chi connectivity index (χ0n) is 60.4. The van der Waals surface area contributed by atoms with Gasteiger partial charge in [0.15, 0.2) is 0 Å². The minimum Gasteiger partial charge on any atom is -0.671 e. The third-order valence-electron chi connectivity index (χ3n) is 13.8. The topological polar surface area (TPSA) is 52.6 Å². The zero-order chi connectivity index (χ0) is 72.2. The number of hydrogen-bond donors (Lipinski definition) is 1. The van der Waals surface area contributed by atoms with E-state index in [0.717, 1.165) is 44.5 Å². The third kappa shape index (κ3) is 41.0. The Hall–Kier alpha value is -9.03. The number of amidine groups is 1. The fourth-order valence-corrected chi connectivity index (χ4v) is 13.7. The van der Waals surface area contributed by atoms with Gasteiger partial charge in [0.1, 0.15) is 5.58 Å². The fraction of sp³-hybridized carbons (Fsp3) is 0.0947. The van der Waals surface area contributed by atoms with Gasteiger partial charge in [-0.2, -0.15) is 172 Å². The van der Waals surface area contributed by atoms with E-state index < -0.39 is 15.8 Å². The number of nitrogens with one attached hydrogen (secondary N) is 1. The molecule has 0 radical (unpaired) electrons. The second-order valence-corrected chi connectivity index (χ2v) is 27.6. The van der Waals surface area contributed by atoms with Gasteiger partial charge in [0.2, 0.25) is 0 Å². The fourth-order valence-electron chi connectivity index (χ4n) is 8.91. The van der Waals surface area contributed by atoms with Crippen LogP contribution in [0.1, 0.15) is 77.8 Å². The van der Waals surface area contributed by atoms with Crippen LogP contribution in [0.4, 0.5) is 0 Å². The molecule has 1 unspecified atom stereocenters. The molecule has 0 aliphatic heterocycles. The second-order valence-electron chi connectivity index (χ2n) is 23.3. The van der Waals surface area contributed by atoms with Crippen LogP contribution in [0.2, 0.25) is 0 Å². The molecule has 0 amide bonds. The molecule has 0 aliphatic rings. The van der Waals surface area contributed by atoms with E-state index in [1.54, 1.807) is 0 Å². The van der Waals surface area contributed by atoms with E-state index in [4.69, 9.17) is 15.6 Å². The molecule has 8 heteroatoms. The maximum absolute atomic E-state index is 5.05. The Morgan fingerprint density at radius 1 is 0.311 bits per heavy atom. The summed E-state index contributed by atoms with van der Waals surface area (Å²) in [5.41, 5.74) is 11.0. The van der Waals surface area contributed by atoms with Crippen molar-refractivity contribution < 1.29 is 52.4 Å². The molecule has 0 saturated heterocycles. The Kier molecular flexibility index (Phi) is 47.6. The first kappa shape index (κ1) is 88.2. The predicted molar refractivity (Wildman–Crippen MR) is 446 cm³/mol. The van der Waals surface area contributed by atoms with Gasteiger partial charge >= 0.3 is 26.2 Å². The molecule has 1 N–H and O–H groups in total. The van der Waals surface area contributed by atoms with Crippen LogP contribution in [0.5, 0.6) is 0 Å². The van der Waals surface area contributed by atoms with Crippen LogP contribution in [0.25, 0.3) is 10.6 Å². The molecule has 4 nitrogen and oxygen atoms in total. The molecule has 0 spiro atoms. The Bertz CT molecular complexity index is 3620. The van der Waals surface area contributed by atoms with Crippen LogP contribution in [0.3, 0.4) is 0 Å². The Morgan fingerprint density at radius 3 is 0.738 bits per heavy atom. The van der Waals surface area contributed by atoms with Crippen molar-refractivity contribution in [2.75, 3.05) is 0 Å². The van der Waals surface area contributed by atoms with Gasteiger partial charge in [0, 0.05) is 40.2 Å². The molecule has 0 aliphatic carbocycles. The maximum atomic E-state index is 5.05. The number of aliphatic imine (C=N–C) groups is 1. The Morgan fingerprint density at radius 2 is 0.524 bits per heavy atom. The zero-order valence-corrected chi connectivity index (χ0v) is 67.1. The Labute approximate surface area is 661 Å². The van der Waals surface area contributed by atoms with E-state index >= 15 is 0 Å². The smallest absolute Gasteiger partial charge is 0.671 e. The molecule has 13 aromatic carbocycles. The van der Waals surface area contributed by atoms with Crippen LogP contribution in [-0.4, -0.2) is 23.6 Å². The number of benzene rings is 13. The van der Waals surface area contributed by atoms with Crippen LogP contribution >= 0.6 is 15.8 Å². The monoisotopic (exact) mass is 1540 g/mol. The number of nitrogens with zero attached hydrogens (tertiary/aromatic N) is 3. The summed E-state index contributed by atoms with van der Waals surface area (Å²) in [7, 11) is -1.38. The SMILES string of the molecule is CC(C)NC(=NCc1ccccc1)P(c1ccccc1)c1ccccc1.CC(C)[N-]C([N-]Cc1ccccc1)P(c1ccccc1)c1ccccc1.[CH2-]c1ccccc1.[CH2-]c1ccccc1.[CH2-]c1ccccc1.[CH2-]c1ccccc1.[CH2-]c1ccccc1.[CH2-]c1ccccc1.[CH2-]c1ccccc1.[Zr+4].[Zr].